The number of alkyl halides is 1. The summed E-state index contributed by atoms with van der Waals surface area (Å²) >= 11 is 5.78. The van der Waals surface area contributed by atoms with E-state index in [4.69, 9.17) is 16.3 Å². The van der Waals surface area contributed by atoms with Crippen LogP contribution in [0, 0.1) is 5.41 Å². The Kier molecular flexibility index (Phi) is 5.46. The minimum absolute atomic E-state index is 0.0519. The summed E-state index contributed by atoms with van der Waals surface area (Å²) in [5.41, 5.74) is 0.212. The van der Waals surface area contributed by atoms with Crippen LogP contribution in [0.4, 0.5) is 0 Å². The number of hydrogen-bond acceptors (Lipinski definition) is 1. The summed E-state index contributed by atoms with van der Waals surface area (Å²) in [7, 11) is 0. The van der Waals surface area contributed by atoms with Gasteiger partial charge in [-0.1, -0.05) is 13.8 Å². The minimum atomic E-state index is -0.0519. The van der Waals surface area contributed by atoms with Gasteiger partial charge in [0.15, 0.2) is 0 Å². The van der Waals surface area contributed by atoms with Crippen LogP contribution < -0.4 is 0 Å². The molecule has 0 atom stereocenters. The second kappa shape index (κ2) is 5.37. The van der Waals surface area contributed by atoms with Gasteiger partial charge in [0.2, 0.25) is 0 Å². The van der Waals surface area contributed by atoms with Crippen LogP contribution in [0.25, 0.3) is 0 Å². The van der Waals surface area contributed by atoms with Gasteiger partial charge in [0, 0.05) is 5.88 Å². The van der Waals surface area contributed by atoms with Crippen molar-refractivity contribution in [3.63, 3.8) is 0 Å². The Bertz CT molecular complexity index is 162. The molecule has 0 saturated heterocycles. The largest absolute Gasteiger partial charge is 0.373 e. The Balaban J connectivity index is 4.19. The molecule has 0 aliphatic rings. The highest BCUT2D eigenvalue weighted by molar-refractivity contribution is 6.17. The topological polar surface area (TPSA) is 9.23 Å². The Morgan fingerprint density at radius 2 is 1.64 bits per heavy atom. The standard InChI is InChI=1S/C12H25ClO/c1-10(2)14-12(5,6)9-11(3,4)7-8-13/h10H,7-9H2,1-6H3. The molecule has 0 radical (unpaired) electrons. The lowest BCUT2D eigenvalue weighted by Crippen LogP contribution is -2.34. The highest BCUT2D eigenvalue weighted by atomic mass is 35.5. The molecular formula is C12H25ClO. The van der Waals surface area contributed by atoms with Gasteiger partial charge in [-0.3, -0.25) is 0 Å². The van der Waals surface area contributed by atoms with Crippen molar-refractivity contribution in [3.05, 3.63) is 0 Å². The van der Waals surface area contributed by atoms with E-state index >= 15 is 0 Å². The van der Waals surface area contributed by atoms with Gasteiger partial charge in [-0.15, -0.1) is 11.6 Å². The van der Waals surface area contributed by atoms with Crippen LogP contribution >= 0.6 is 11.6 Å². The van der Waals surface area contributed by atoms with Gasteiger partial charge >= 0.3 is 0 Å². The van der Waals surface area contributed by atoms with Crippen LogP contribution in [-0.2, 0) is 4.74 Å². The molecule has 0 aliphatic heterocycles. The zero-order chi connectivity index (χ0) is 11.4. The van der Waals surface area contributed by atoms with Gasteiger partial charge in [0.1, 0.15) is 0 Å². The van der Waals surface area contributed by atoms with E-state index in [1.807, 2.05) is 0 Å². The summed E-state index contributed by atoms with van der Waals surface area (Å²) < 4.78 is 5.88. The maximum absolute atomic E-state index is 5.88. The summed E-state index contributed by atoms with van der Waals surface area (Å²) in [6.07, 6.45) is 2.38. The van der Waals surface area contributed by atoms with Crippen molar-refractivity contribution in [3.8, 4) is 0 Å². The summed E-state index contributed by atoms with van der Waals surface area (Å²) in [6.45, 7) is 13.0. The van der Waals surface area contributed by atoms with Crippen LogP contribution in [0.2, 0.25) is 0 Å². The Morgan fingerprint density at radius 3 is 2.00 bits per heavy atom. The average Bonchev–Trinajstić information content (AvgIpc) is 1.78. The molecule has 0 spiro atoms. The van der Waals surface area contributed by atoms with Crippen molar-refractivity contribution in [2.75, 3.05) is 5.88 Å². The monoisotopic (exact) mass is 220 g/mol. The summed E-state index contributed by atoms with van der Waals surface area (Å²) in [4.78, 5) is 0. The van der Waals surface area contributed by atoms with E-state index in [0.29, 0.717) is 0 Å². The highest BCUT2D eigenvalue weighted by Crippen LogP contribution is 2.33. The third-order valence-corrected chi connectivity index (χ3v) is 2.42. The molecule has 14 heavy (non-hydrogen) atoms. The van der Waals surface area contributed by atoms with Crippen molar-refractivity contribution < 1.29 is 4.74 Å². The number of ether oxygens (including phenoxy) is 1. The summed E-state index contributed by atoms with van der Waals surface area (Å²) in [5.74, 6) is 0.727. The highest BCUT2D eigenvalue weighted by Gasteiger charge is 2.29. The Hall–Kier alpha value is 0.250. The predicted molar refractivity (Wildman–Crippen MR) is 64.0 cm³/mol. The molecular weight excluding hydrogens is 196 g/mol. The first-order valence-electron chi connectivity index (χ1n) is 5.42. The fourth-order valence-corrected chi connectivity index (χ4v) is 2.69. The molecule has 0 unspecified atom stereocenters. The van der Waals surface area contributed by atoms with Crippen molar-refractivity contribution in [2.24, 2.45) is 5.41 Å². The molecule has 0 aromatic rings. The minimum Gasteiger partial charge on any atom is -0.373 e. The van der Waals surface area contributed by atoms with Gasteiger partial charge in [0.05, 0.1) is 11.7 Å². The molecule has 0 aliphatic carbocycles. The maximum Gasteiger partial charge on any atom is 0.0635 e. The molecule has 0 bridgehead atoms. The fraction of sp³-hybridized carbons (Fsp3) is 1.00. The molecule has 0 aromatic heterocycles. The molecule has 2 heteroatoms. The zero-order valence-electron chi connectivity index (χ0n) is 10.5. The van der Waals surface area contributed by atoms with Gasteiger partial charge in [-0.05, 0) is 46.0 Å². The van der Waals surface area contributed by atoms with Gasteiger partial charge in [-0.25, -0.2) is 0 Å². The predicted octanol–water partition coefficient (Wildman–Crippen LogP) is 4.24. The number of rotatable bonds is 6. The molecule has 0 heterocycles. The van der Waals surface area contributed by atoms with Crippen LogP contribution in [0.5, 0.6) is 0 Å². The van der Waals surface area contributed by atoms with E-state index in [1.165, 1.54) is 0 Å². The zero-order valence-corrected chi connectivity index (χ0v) is 11.2. The third kappa shape index (κ3) is 6.67. The molecule has 0 rings (SSSR count). The molecule has 1 nitrogen and oxygen atoms in total. The SMILES string of the molecule is CC(C)OC(C)(C)CC(C)(C)CCCl. The summed E-state index contributed by atoms with van der Waals surface area (Å²) in [5, 5.41) is 0. The van der Waals surface area contributed by atoms with E-state index in [1.54, 1.807) is 0 Å². The molecule has 86 valence electrons. The van der Waals surface area contributed by atoms with Crippen LogP contribution in [0.3, 0.4) is 0 Å². The lowest BCUT2D eigenvalue weighted by molar-refractivity contribution is -0.0786. The van der Waals surface area contributed by atoms with Crippen molar-refractivity contribution >= 4 is 11.6 Å². The van der Waals surface area contributed by atoms with Crippen molar-refractivity contribution in [1.82, 2.24) is 0 Å². The second-order valence-electron chi connectivity index (χ2n) is 5.71. The van der Waals surface area contributed by atoms with Crippen LogP contribution in [-0.4, -0.2) is 17.6 Å². The smallest absolute Gasteiger partial charge is 0.0635 e. The van der Waals surface area contributed by atoms with Crippen molar-refractivity contribution in [2.45, 2.75) is 66.1 Å². The normalized spacial score (nSPS) is 13.7. The van der Waals surface area contributed by atoms with Crippen LogP contribution in [0.15, 0.2) is 0 Å². The second-order valence-corrected chi connectivity index (χ2v) is 6.08. The molecule has 0 saturated carbocycles. The first kappa shape index (κ1) is 14.2. The lowest BCUT2D eigenvalue weighted by atomic mass is 9.79. The maximum atomic E-state index is 5.88. The first-order chi connectivity index (χ1) is 6.18. The molecule has 0 N–H and O–H groups in total. The summed E-state index contributed by atoms with van der Waals surface area (Å²) in [6, 6.07) is 0. The van der Waals surface area contributed by atoms with E-state index in [-0.39, 0.29) is 17.1 Å². The first-order valence-corrected chi connectivity index (χ1v) is 5.96. The quantitative estimate of drug-likeness (QED) is 0.609. The van der Waals surface area contributed by atoms with E-state index in [2.05, 4.69) is 41.5 Å². The van der Waals surface area contributed by atoms with Crippen LogP contribution in [0.1, 0.15) is 54.4 Å². The molecule has 0 fully saturated rings. The van der Waals surface area contributed by atoms with Gasteiger partial charge < -0.3 is 4.74 Å². The molecule has 0 amide bonds. The third-order valence-electron chi connectivity index (χ3n) is 2.23. The fourth-order valence-electron chi connectivity index (χ4n) is 2.18. The number of hydrogen-bond donors (Lipinski definition) is 0. The molecule has 0 aromatic carbocycles. The number of halogens is 1. The van der Waals surface area contributed by atoms with E-state index < -0.39 is 0 Å². The lowest BCUT2D eigenvalue weighted by Gasteiger charge is -2.36. The van der Waals surface area contributed by atoms with E-state index in [0.717, 1.165) is 18.7 Å². The van der Waals surface area contributed by atoms with E-state index in [9.17, 15) is 0 Å². The van der Waals surface area contributed by atoms with Gasteiger partial charge in [0.25, 0.3) is 0 Å². The average molecular weight is 221 g/mol. The Labute approximate surface area is 94.2 Å². The van der Waals surface area contributed by atoms with Crippen molar-refractivity contribution in [1.29, 1.82) is 0 Å². The Morgan fingerprint density at radius 1 is 1.14 bits per heavy atom. The van der Waals surface area contributed by atoms with Gasteiger partial charge in [-0.2, -0.15) is 0 Å².